The third kappa shape index (κ3) is 3.80. The minimum absolute atomic E-state index is 0.0210. The second-order valence-corrected chi connectivity index (χ2v) is 5.76. The minimum atomic E-state index is 0.0210. The molecule has 1 aliphatic heterocycles. The van der Waals surface area contributed by atoms with Crippen molar-refractivity contribution in [3.05, 3.63) is 30.1 Å². The number of carbonyl (C=O) groups is 1. The maximum Gasteiger partial charge on any atom is 0.257 e. The van der Waals surface area contributed by atoms with Crippen LogP contribution in [0.5, 0.6) is 0 Å². The van der Waals surface area contributed by atoms with Gasteiger partial charge < -0.3 is 4.90 Å². The maximum atomic E-state index is 12.3. The smallest absolute Gasteiger partial charge is 0.257 e. The van der Waals surface area contributed by atoms with Gasteiger partial charge in [0.05, 0.1) is 5.56 Å². The van der Waals surface area contributed by atoms with E-state index in [0.717, 1.165) is 38.3 Å². The first-order chi connectivity index (χ1) is 9.60. The summed E-state index contributed by atoms with van der Waals surface area (Å²) in [5.41, 5.74) is 1.72. The van der Waals surface area contributed by atoms with Gasteiger partial charge in [0.1, 0.15) is 0 Å². The first-order valence-corrected chi connectivity index (χ1v) is 7.84. The van der Waals surface area contributed by atoms with Gasteiger partial charge in [-0.2, -0.15) is 0 Å². The molecule has 1 amide bonds. The Bertz CT molecular complexity index is 480. The van der Waals surface area contributed by atoms with E-state index in [1.165, 1.54) is 11.8 Å². The van der Waals surface area contributed by atoms with Gasteiger partial charge in [-0.05, 0) is 13.2 Å². The van der Waals surface area contributed by atoms with E-state index in [1.807, 2.05) is 18.1 Å². The Morgan fingerprint density at radius 3 is 2.40 bits per heavy atom. The summed E-state index contributed by atoms with van der Waals surface area (Å²) in [5, 5.41) is 0.688. The van der Waals surface area contributed by atoms with E-state index in [4.69, 9.17) is 0 Å². The highest BCUT2D eigenvalue weighted by Crippen LogP contribution is 2.11. The summed E-state index contributed by atoms with van der Waals surface area (Å²) in [6, 6.07) is 0. The van der Waals surface area contributed by atoms with Gasteiger partial charge in [0.25, 0.3) is 5.91 Å². The van der Waals surface area contributed by atoms with Gasteiger partial charge in [0.2, 0.25) is 0 Å². The molecule has 0 aromatic carbocycles. The topological polar surface area (TPSA) is 49.3 Å². The highest BCUT2D eigenvalue weighted by Gasteiger charge is 2.22. The van der Waals surface area contributed by atoms with Crippen molar-refractivity contribution in [2.24, 2.45) is 0 Å². The van der Waals surface area contributed by atoms with Crippen LogP contribution in [0.15, 0.2) is 29.7 Å². The fourth-order valence-electron chi connectivity index (χ4n) is 2.21. The Morgan fingerprint density at radius 2 is 1.90 bits per heavy atom. The molecule has 108 valence electrons. The zero-order chi connectivity index (χ0) is 14.5. The van der Waals surface area contributed by atoms with Gasteiger partial charge in [-0.15, -0.1) is 0 Å². The molecule has 1 fully saturated rings. The molecule has 2 rings (SSSR count). The summed E-state index contributed by atoms with van der Waals surface area (Å²) in [6.07, 6.45) is 5.14. The van der Waals surface area contributed by atoms with Crippen LogP contribution in [0.1, 0.15) is 17.3 Å². The average Bonchev–Trinajstić information content (AvgIpc) is 2.47. The monoisotopic (exact) mass is 292 g/mol. The lowest BCUT2D eigenvalue weighted by Crippen LogP contribution is -2.49. The van der Waals surface area contributed by atoms with Crippen molar-refractivity contribution < 1.29 is 4.79 Å². The Kier molecular flexibility index (Phi) is 5.14. The summed E-state index contributed by atoms with van der Waals surface area (Å²) in [5.74, 6) is 0.0210. The molecule has 1 aliphatic rings. The zero-order valence-electron chi connectivity index (χ0n) is 12.0. The van der Waals surface area contributed by atoms with Crippen LogP contribution in [0, 0.1) is 0 Å². The standard InChI is InChI=1S/C14H20N4OS/c1-11(2)10-17-4-6-18(7-5-17)13(19)12-8-15-14(20-3)16-9-12/h8-9H,1,4-7,10H2,2-3H3. The molecule has 1 aromatic rings. The predicted molar refractivity (Wildman–Crippen MR) is 81.0 cm³/mol. The minimum Gasteiger partial charge on any atom is -0.336 e. The van der Waals surface area contributed by atoms with Crippen molar-refractivity contribution in [1.82, 2.24) is 19.8 Å². The number of thioether (sulfide) groups is 1. The molecule has 0 N–H and O–H groups in total. The van der Waals surface area contributed by atoms with Gasteiger partial charge in [-0.25, -0.2) is 9.97 Å². The lowest BCUT2D eigenvalue weighted by molar-refractivity contribution is 0.0647. The lowest BCUT2D eigenvalue weighted by atomic mass is 10.2. The first-order valence-electron chi connectivity index (χ1n) is 6.62. The van der Waals surface area contributed by atoms with Crippen molar-refractivity contribution in [1.29, 1.82) is 0 Å². The summed E-state index contributed by atoms with van der Waals surface area (Å²) >= 11 is 1.47. The lowest BCUT2D eigenvalue weighted by Gasteiger charge is -2.34. The molecular weight excluding hydrogens is 272 g/mol. The van der Waals surface area contributed by atoms with E-state index < -0.39 is 0 Å². The fraction of sp³-hybridized carbons (Fsp3) is 0.500. The Labute approximate surface area is 124 Å². The van der Waals surface area contributed by atoms with Crippen LogP contribution in [0.2, 0.25) is 0 Å². The van der Waals surface area contributed by atoms with Crippen LogP contribution < -0.4 is 0 Å². The molecule has 1 saturated heterocycles. The van der Waals surface area contributed by atoms with Crippen LogP contribution in [0.3, 0.4) is 0 Å². The summed E-state index contributed by atoms with van der Waals surface area (Å²) in [7, 11) is 0. The normalized spacial score (nSPS) is 16.2. The van der Waals surface area contributed by atoms with Gasteiger partial charge in [0, 0.05) is 45.1 Å². The third-order valence-corrected chi connectivity index (χ3v) is 3.79. The van der Waals surface area contributed by atoms with E-state index in [0.29, 0.717) is 10.7 Å². The van der Waals surface area contributed by atoms with Crippen LogP contribution in [0.4, 0.5) is 0 Å². The Balaban J connectivity index is 1.92. The van der Waals surface area contributed by atoms with E-state index >= 15 is 0 Å². The van der Waals surface area contributed by atoms with E-state index in [9.17, 15) is 4.79 Å². The number of rotatable bonds is 4. The predicted octanol–water partition coefficient (Wildman–Crippen LogP) is 1.53. The average molecular weight is 292 g/mol. The van der Waals surface area contributed by atoms with Crippen molar-refractivity contribution in [2.45, 2.75) is 12.1 Å². The number of carbonyl (C=O) groups excluding carboxylic acids is 1. The number of nitrogens with zero attached hydrogens (tertiary/aromatic N) is 4. The quantitative estimate of drug-likeness (QED) is 0.478. The molecule has 0 unspecified atom stereocenters. The molecule has 0 spiro atoms. The van der Waals surface area contributed by atoms with Crippen LogP contribution in [0.25, 0.3) is 0 Å². The second-order valence-electron chi connectivity index (χ2n) is 4.98. The van der Waals surface area contributed by atoms with Gasteiger partial charge in [-0.1, -0.05) is 23.9 Å². The maximum absolute atomic E-state index is 12.3. The van der Waals surface area contributed by atoms with E-state index in [-0.39, 0.29) is 5.91 Å². The highest BCUT2D eigenvalue weighted by molar-refractivity contribution is 7.98. The molecule has 1 aromatic heterocycles. The largest absolute Gasteiger partial charge is 0.336 e. The molecule has 5 nitrogen and oxygen atoms in total. The second kappa shape index (κ2) is 6.85. The van der Waals surface area contributed by atoms with E-state index in [1.54, 1.807) is 12.4 Å². The molecule has 2 heterocycles. The highest BCUT2D eigenvalue weighted by atomic mass is 32.2. The third-order valence-electron chi connectivity index (χ3n) is 3.21. The summed E-state index contributed by atoms with van der Waals surface area (Å²) in [4.78, 5) is 24.8. The number of aromatic nitrogens is 2. The molecule has 0 aliphatic carbocycles. The molecule has 0 bridgehead atoms. The summed E-state index contributed by atoms with van der Waals surface area (Å²) < 4.78 is 0. The molecule has 0 saturated carbocycles. The Morgan fingerprint density at radius 1 is 1.30 bits per heavy atom. The molecule has 6 heteroatoms. The Hall–Kier alpha value is -1.40. The van der Waals surface area contributed by atoms with Crippen molar-refractivity contribution in [2.75, 3.05) is 39.0 Å². The van der Waals surface area contributed by atoms with Crippen LogP contribution in [-0.4, -0.2) is 64.7 Å². The summed E-state index contributed by atoms with van der Waals surface area (Å²) in [6.45, 7) is 10.1. The zero-order valence-corrected chi connectivity index (χ0v) is 12.8. The van der Waals surface area contributed by atoms with Crippen molar-refractivity contribution >= 4 is 17.7 Å². The molecule has 0 radical (unpaired) electrons. The number of hydrogen-bond acceptors (Lipinski definition) is 5. The number of amides is 1. The van der Waals surface area contributed by atoms with Gasteiger partial charge >= 0.3 is 0 Å². The number of hydrogen-bond donors (Lipinski definition) is 0. The first kappa shape index (κ1) is 15.0. The van der Waals surface area contributed by atoms with Gasteiger partial charge in [-0.3, -0.25) is 9.69 Å². The van der Waals surface area contributed by atoms with Gasteiger partial charge in [0.15, 0.2) is 5.16 Å². The van der Waals surface area contributed by atoms with E-state index in [2.05, 4.69) is 21.4 Å². The van der Waals surface area contributed by atoms with Crippen molar-refractivity contribution in [3.8, 4) is 0 Å². The molecular formula is C14H20N4OS. The van der Waals surface area contributed by atoms with Crippen LogP contribution >= 0.6 is 11.8 Å². The van der Waals surface area contributed by atoms with Crippen LogP contribution in [-0.2, 0) is 0 Å². The van der Waals surface area contributed by atoms with Crippen molar-refractivity contribution in [3.63, 3.8) is 0 Å². The number of piperazine rings is 1. The SMILES string of the molecule is C=C(C)CN1CCN(C(=O)c2cnc(SC)nc2)CC1. The molecule has 0 atom stereocenters. The molecule has 20 heavy (non-hydrogen) atoms. The fourth-order valence-corrected chi connectivity index (χ4v) is 2.52.